The average molecular weight is 215 g/mol. The van der Waals surface area contributed by atoms with Crippen molar-refractivity contribution in [3.8, 4) is 0 Å². The Morgan fingerprint density at radius 1 is 1.19 bits per heavy atom. The molecule has 2 aromatic rings. The summed E-state index contributed by atoms with van der Waals surface area (Å²) in [5.41, 5.74) is 1.09. The van der Waals surface area contributed by atoms with Gasteiger partial charge < -0.3 is 9.94 Å². The van der Waals surface area contributed by atoms with E-state index in [2.05, 4.69) is 23.4 Å². The maximum absolute atomic E-state index is 8.72. The van der Waals surface area contributed by atoms with Crippen LogP contribution < -0.4 is 0 Å². The fraction of sp³-hybridized carbons (Fsp3) is 0.154. The first-order valence-electron chi connectivity index (χ1n) is 5.06. The molecule has 0 aliphatic rings. The monoisotopic (exact) mass is 215 g/mol. The Morgan fingerprint density at radius 3 is 2.69 bits per heavy atom. The third-order valence-corrected chi connectivity index (χ3v) is 2.57. The fourth-order valence-corrected chi connectivity index (χ4v) is 1.76. The zero-order valence-corrected chi connectivity index (χ0v) is 9.05. The molecular weight excluding hydrogens is 202 g/mol. The summed E-state index contributed by atoms with van der Waals surface area (Å²) in [5.74, 6) is 0.316. The zero-order chi connectivity index (χ0) is 11.4. The largest absolute Gasteiger partial charge is 0.482 e. The molecule has 0 unspecified atom stereocenters. The summed E-state index contributed by atoms with van der Waals surface area (Å²) in [6, 6.07) is 14.2. The fourth-order valence-electron chi connectivity index (χ4n) is 1.76. The van der Waals surface area contributed by atoms with Crippen molar-refractivity contribution in [2.75, 3.05) is 7.11 Å². The van der Waals surface area contributed by atoms with Gasteiger partial charge in [-0.05, 0) is 16.3 Å². The first-order chi connectivity index (χ1) is 7.85. The molecule has 0 aliphatic carbocycles. The third-order valence-electron chi connectivity index (χ3n) is 2.57. The van der Waals surface area contributed by atoms with Crippen molar-refractivity contribution in [1.29, 1.82) is 0 Å². The predicted molar refractivity (Wildman–Crippen MR) is 63.9 cm³/mol. The first kappa shape index (κ1) is 10.5. The zero-order valence-electron chi connectivity index (χ0n) is 9.05. The molecule has 0 saturated carbocycles. The molecule has 0 fully saturated rings. The van der Waals surface area contributed by atoms with E-state index in [1.54, 1.807) is 0 Å². The lowest BCUT2D eigenvalue weighted by Crippen LogP contribution is -2.05. The smallest absolute Gasteiger partial charge is 0.229 e. The molecule has 0 aromatic heterocycles. The summed E-state index contributed by atoms with van der Waals surface area (Å²) in [5, 5.41) is 14.2. The molecule has 0 atom stereocenters. The summed E-state index contributed by atoms with van der Waals surface area (Å²) in [4.78, 5) is 0. The van der Waals surface area contributed by atoms with Crippen LogP contribution in [0.15, 0.2) is 47.6 Å². The van der Waals surface area contributed by atoms with Gasteiger partial charge in [0.05, 0.1) is 13.5 Å². The minimum absolute atomic E-state index is 0.316. The molecule has 0 radical (unpaired) electrons. The van der Waals surface area contributed by atoms with Gasteiger partial charge in [0.15, 0.2) is 0 Å². The highest BCUT2D eigenvalue weighted by Gasteiger charge is 2.05. The van der Waals surface area contributed by atoms with Gasteiger partial charge >= 0.3 is 0 Å². The van der Waals surface area contributed by atoms with E-state index in [4.69, 9.17) is 9.94 Å². The second kappa shape index (κ2) is 4.66. The second-order valence-electron chi connectivity index (χ2n) is 3.51. The number of hydrogen-bond acceptors (Lipinski definition) is 3. The minimum atomic E-state index is 0.316. The van der Waals surface area contributed by atoms with Gasteiger partial charge in [0, 0.05) is 0 Å². The molecule has 16 heavy (non-hydrogen) atoms. The van der Waals surface area contributed by atoms with Crippen LogP contribution >= 0.6 is 0 Å². The Bertz CT molecular complexity index is 515. The molecule has 0 heterocycles. The maximum atomic E-state index is 8.72. The standard InChI is InChI=1S/C13H13NO2/c1-16-13(14-15)9-11-7-4-6-10-5-2-3-8-12(10)11/h2-8,15H,9H2,1H3. The van der Waals surface area contributed by atoms with Crippen LogP contribution in [0.3, 0.4) is 0 Å². The van der Waals surface area contributed by atoms with Crippen LogP contribution in [0.25, 0.3) is 10.8 Å². The number of hydrogen-bond donors (Lipinski definition) is 1. The highest BCUT2D eigenvalue weighted by Crippen LogP contribution is 2.19. The Morgan fingerprint density at radius 2 is 1.94 bits per heavy atom. The molecule has 2 aromatic carbocycles. The van der Waals surface area contributed by atoms with Crippen LogP contribution in [-0.2, 0) is 11.2 Å². The molecule has 2 rings (SSSR count). The number of rotatable bonds is 2. The molecule has 0 bridgehead atoms. The number of oxime groups is 1. The van der Waals surface area contributed by atoms with Gasteiger partial charge in [0.25, 0.3) is 0 Å². The van der Waals surface area contributed by atoms with E-state index < -0.39 is 0 Å². The molecule has 1 N–H and O–H groups in total. The Balaban J connectivity index is 2.44. The van der Waals surface area contributed by atoms with E-state index in [0.717, 1.165) is 10.9 Å². The van der Waals surface area contributed by atoms with Crippen LogP contribution in [0.1, 0.15) is 5.56 Å². The van der Waals surface area contributed by atoms with E-state index in [1.165, 1.54) is 12.5 Å². The molecule has 3 nitrogen and oxygen atoms in total. The third kappa shape index (κ3) is 1.98. The van der Waals surface area contributed by atoms with Crippen molar-refractivity contribution in [1.82, 2.24) is 0 Å². The van der Waals surface area contributed by atoms with Gasteiger partial charge in [-0.15, -0.1) is 0 Å². The van der Waals surface area contributed by atoms with E-state index in [-0.39, 0.29) is 0 Å². The first-order valence-corrected chi connectivity index (χ1v) is 5.06. The molecule has 0 spiro atoms. The molecule has 3 heteroatoms. The summed E-state index contributed by atoms with van der Waals surface area (Å²) in [6.45, 7) is 0. The summed E-state index contributed by atoms with van der Waals surface area (Å²) < 4.78 is 4.95. The minimum Gasteiger partial charge on any atom is -0.482 e. The Labute approximate surface area is 94.0 Å². The predicted octanol–water partition coefficient (Wildman–Crippen LogP) is 2.82. The van der Waals surface area contributed by atoms with E-state index in [1.807, 2.05) is 24.3 Å². The van der Waals surface area contributed by atoms with E-state index in [0.29, 0.717) is 12.3 Å². The number of benzene rings is 2. The van der Waals surface area contributed by atoms with Crippen molar-refractivity contribution in [3.63, 3.8) is 0 Å². The van der Waals surface area contributed by atoms with Gasteiger partial charge in [-0.2, -0.15) is 0 Å². The molecular formula is C13H13NO2. The summed E-state index contributed by atoms with van der Waals surface area (Å²) >= 11 is 0. The van der Waals surface area contributed by atoms with Crippen LogP contribution in [0.5, 0.6) is 0 Å². The summed E-state index contributed by atoms with van der Waals surface area (Å²) in [6.07, 6.45) is 0.494. The Kier molecular flexibility index (Phi) is 3.05. The molecule has 82 valence electrons. The average Bonchev–Trinajstić information content (AvgIpc) is 2.36. The maximum Gasteiger partial charge on any atom is 0.229 e. The van der Waals surface area contributed by atoms with E-state index in [9.17, 15) is 0 Å². The number of ether oxygens (including phenoxy) is 1. The second-order valence-corrected chi connectivity index (χ2v) is 3.51. The number of fused-ring (bicyclic) bond motifs is 1. The van der Waals surface area contributed by atoms with Crippen molar-refractivity contribution >= 4 is 16.7 Å². The van der Waals surface area contributed by atoms with Crippen molar-refractivity contribution in [2.24, 2.45) is 5.16 Å². The normalized spacial score (nSPS) is 11.7. The van der Waals surface area contributed by atoms with Crippen LogP contribution in [0.2, 0.25) is 0 Å². The van der Waals surface area contributed by atoms with Gasteiger partial charge in [-0.3, -0.25) is 0 Å². The van der Waals surface area contributed by atoms with E-state index >= 15 is 0 Å². The number of nitrogens with zero attached hydrogens (tertiary/aromatic N) is 1. The van der Waals surface area contributed by atoms with Crippen LogP contribution in [-0.4, -0.2) is 18.2 Å². The Hall–Kier alpha value is -2.03. The van der Waals surface area contributed by atoms with Gasteiger partial charge in [-0.25, -0.2) is 0 Å². The van der Waals surface area contributed by atoms with Crippen molar-refractivity contribution < 1.29 is 9.94 Å². The van der Waals surface area contributed by atoms with Gasteiger partial charge in [0.1, 0.15) is 0 Å². The SMILES string of the molecule is COC(Cc1cccc2ccccc12)=NO. The topological polar surface area (TPSA) is 41.8 Å². The molecule has 0 amide bonds. The molecule has 0 saturated heterocycles. The lowest BCUT2D eigenvalue weighted by molar-refractivity contribution is 0.282. The molecule has 0 aliphatic heterocycles. The van der Waals surface area contributed by atoms with Gasteiger partial charge in [-0.1, -0.05) is 47.6 Å². The quantitative estimate of drug-likeness (QED) is 0.362. The number of methoxy groups -OCH3 is 1. The highest BCUT2D eigenvalue weighted by atomic mass is 16.5. The van der Waals surface area contributed by atoms with Gasteiger partial charge in [0.2, 0.25) is 5.90 Å². The summed E-state index contributed by atoms with van der Waals surface area (Å²) in [7, 11) is 1.50. The van der Waals surface area contributed by atoms with Crippen LogP contribution in [0.4, 0.5) is 0 Å². The van der Waals surface area contributed by atoms with Crippen molar-refractivity contribution in [2.45, 2.75) is 6.42 Å². The van der Waals surface area contributed by atoms with Crippen molar-refractivity contribution in [3.05, 3.63) is 48.0 Å². The lowest BCUT2D eigenvalue weighted by atomic mass is 10.0. The van der Waals surface area contributed by atoms with Crippen LogP contribution in [0, 0.1) is 0 Å². The highest BCUT2D eigenvalue weighted by molar-refractivity contribution is 5.90. The lowest BCUT2D eigenvalue weighted by Gasteiger charge is -2.06.